The van der Waals surface area contributed by atoms with Crippen molar-refractivity contribution in [3.8, 4) is 0 Å². The van der Waals surface area contributed by atoms with Gasteiger partial charge in [-0.3, -0.25) is 4.79 Å². The van der Waals surface area contributed by atoms with Crippen molar-refractivity contribution in [3.05, 3.63) is 71.8 Å². The molecule has 0 saturated heterocycles. The van der Waals surface area contributed by atoms with E-state index < -0.39 is 0 Å². The van der Waals surface area contributed by atoms with E-state index in [0.29, 0.717) is 6.42 Å². The molecule has 0 amide bonds. The lowest BCUT2D eigenvalue weighted by Crippen LogP contribution is -2.15. The molecule has 0 heterocycles. The molecule has 0 aliphatic carbocycles. The van der Waals surface area contributed by atoms with Gasteiger partial charge in [0, 0.05) is 6.42 Å². The fourth-order valence-corrected chi connectivity index (χ4v) is 2.44. The molecule has 0 spiro atoms. The van der Waals surface area contributed by atoms with E-state index in [1.54, 1.807) is 0 Å². The van der Waals surface area contributed by atoms with E-state index in [1.165, 1.54) is 11.1 Å². The molecular weight excluding hydrogens is 272 g/mol. The number of ether oxygens (including phenoxy) is 1. The molecular formula is C20H24O2. The van der Waals surface area contributed by atoms with Crippen LogP contribution in [-0.2, 0) is 22.4 Å². The first kappa shape index (κ1) is 16.3. The van der Waals surface area contributed by atoms with Gasteiger partial charge in [0.05, 0.1) is 6.10 Å². The number of rotatable bonds is 8. The molecule has 2 aromatic carbocycles. The molecule has 1 unspecified atom stereocenters. The van der Waals surface area contributed by atoms with Crippen LogP contribution in [0.5, 0.6) is 0 Å². The Morgan fingerprint density at radius 3 is 2.05 bits per heavy atom. The van der Waals surface area contributed by atoms with Gasteiger partial charge < -0.3 is 4.74 Å². The second kappa shape index (κ2) is 9.04. The first-order valence-corrected chi connectivity index (χ1v) is 8.01. The summed E-state index contributed by atoms with van der Waals surface area (Å²) in [5, 5.41) is 0. The number of aryl methyl sites for hydroxylation is 2. The molecule has 0 aliphatic rings. The highest BCUT2D eigenvalue weighted by molar-refractivity contribution is 5.69. The minimum Gasteiger partial charge on any atom is -0.463 e. The summed E-state index contributed by atoms with van der Waals surface area (Å²) in [6.07, 6.45) is 4.05. The number of benzene rings is 2. The van der Waals surface area contributed by atoms with Crippen molar-refractivity contribution < 1.29 is 9.53 Å². The monoisotopic (exact) mass is 296 g/mol. The van der Waals surface area contributed by atoms with E-state index in [9.17, 15) is 4.79 Å². The van der Waals surface area contributed by atoms with Gasteiger partial charge in [0.25, 0.3) is 0 Å². The second-order valence-electron chi connectivity index (χ2n) is 5.66. The molecule has 0 N–H and O–H groups in total. The molecule has 2 rings (SSSR count). The fraction of sp³-hybridized carbons (Fsp3) is 0.350. The molecule has 1 atom stereocenters. The quantitative estimate of drug-likeness (QED) is 0.667. The van der Waals surface area contributed by atoms with Gasteiger partial charge >= 0.3 is 5.97 Å². The zero-order valence-electron chi connectivity index (χ0n) is 13.2. The van der Waals surface area contributed by atoms with E-state index in [4.69, 9.17) is 4.74 Å². The zero-order valence-corrected chi connectivity index (χ0v) is 13.2. The topological polar surface area (TPSA) is 26.3 Å². The first-order chi connectivity index (χ1) is 10.7. The lowest BCUT2D eigenvalue weighted by Gasteiger charge is -2.13. The molecule has 0 radical (unpaired) electrons. The Hall–Kier alpha value is -2.09. The van der Waals surface area contributed by atoms with Crippen LogP contribution in [0.4, 0.5) is 0 Å². The SMILES string of the molecule is CC(CCc1ccccc1)OC(=O)CCCc1ccccc1. The van der Waals surface area contributed by atoms with Crippen molar-refractivity contribution in [2.45, 2.75) is 45.1 Å². The summed E-state index contributed by atoms with van der Waals surface area (Å²) in [5.74, 6) is -0.0866. The van der Waals surface area contributed by atoms with Gasteiger partial charge in [-0.15, -0.1) is 0 Å². The van der Waals surface area contributed by atoms with Crippen LogP contribution in [0.1, 0.15) is 37.3 Å². The van der Waals surface area contributed by atoms with Crippen LogP contribution in [0.2, 0.25) is 0 Å². The van der Waals surface area contributed by atoms with Crippen molar-refractivity contribution in [1.29, 1.82) is 0 Å². The van der Waals surface area contributed by atoms with Crippen LogP contribution in [0.3, 0.4) is 0 Å². The number of carbonyl (C=O) groups is 1. The average molecular weight is 296 g/mol. The summed E-state index contributed by atoms with van der Waals surface area (Å²) in [5.41, 5.74) is 2.56. The third kappa shape index (κ3) is 6.13. The number of carbonyl (C=O) groups excluding carboxylic acids is 1. The van der Waals surface area contributed by atoms with Crippen LogP contribution >= 0.6 is 0 Å². The summed E-state index contributed by atoms with van der Waals surface area (Å²) in [6, 6.07) is 20.5. The smallest absolute Gasteiger partial charge is 0.306 e. The van der Waals surface area contributed by atoms with Crippen LogP contribution in [0.15, 0.2) is 60.7 Å². The highest BCUT2D eigenvalue weighted by atomic mass is 16.5. The van der Waals surface area contributed by atoms with E-state index >= 15 is 0 Å². The Morgan fingerprint density at radius 2 is 1.45 bits per heavy atom. The predicted octanol–water partition coefficient (Wildman–Crippen LogP) is 4.57. The molecule has 0 fully saturated rings. The van der Waals surface area contributed by atoms with E-state index in [1.807, 2.05) is 43.3 Å². The average Bonchev–Trinajstić information content (AvgIpc) is 2.55. The Bertz CT molecular complexity index is 548. The normalized spacial score (nSPS) is 11.9. The Balaban J connectivity index is 1.62. The van der Waals surface area contributed by atoms with Crippen LogP contribution in [-0.4, -0.2) is 12.1 Å². The molecule has 0 bridgehead atoms. The molecule has 2 nitrogen and oxygen atoms in total. The highest BCUT2D eigenvalue weighted by Crippen LogP contribution is 2.10. The van der Waals surface area contributed by atoms with E-state index in [0.717, 1.165) is 25.7 Å². The maximum Gasteiger partial charge on any atom is 0.306 e. The summed E-state index contributed by atoms with van der Waals surface area (Å²) in [4.78, 5) is 11.8. The summed E-state index contributed by atoms with van der Waals surface area (Å²) in [7, 11) is 0. The van der Waals surface area contributed by atoms with Crippen LogP contribution in [0.25, 0.3) is 0 Å². The number of esters is 1. The molecule has 22 heavy (non-hydrogen) atoms. The third-order valence-electron chi connectivity index (χ3n) is 3.70. The first-order valence-electron chi connectivity index (χ1n) is 8.01. The third-order valence-corrected chi connectivity index (χ3v) is 3.70. The highest BCUT2D eigenvalue weighted by Gasteiger charge is 2.09. The van der Waals surface area contributed by atoms with Gasteiger partial charge in [0.15, 0.2) is 0 Å². The standard InChI is InChI=1S/C20H24O2/c1-17(15-16-19-11-6-3-7-12-19)22-20(21)14-8-13-18-9-4-2-5-10-18/h2-7,9-12,17H,8,13-16H2,1H3. The lowest BCUT2D eigenvalue weighted by atomic mass is 10.1. The largest absolute Gasteiger partial charge is 0.463 e. The maximum atomic E-state index is 11.8. The van der Waals surface area contributed by atoms with Crippen molar-refractivity contribution in [2.24, 2.45) is 0 Å². The van der Waals surface area contributed by atoms with Gasteiger partial charge in [-0.1, -0.05) is 60.7 Å². The predicted molar refractivity (Wildman–Crippen MR) is 89.7 cm³/mol. The van der Waals surface area contributed by atoms with Gasteiger partial charge in [-0.2, -0.15) is 0 Å². The van der Waals surface area contributed by atoms with Gasteiger partial charge in [-0.05, 0) is 43.7 Å². The number of hydrogen-bond donors (Lipinski definition) is 0. The van der Waals surface area contributed by atoms with Gasteiger partial charge in [0.1, 0.15) is 0 Å². The second-order valence-corrected chi connectivity index (χ2v) is 5.66. The minimum absolute atomic E-state index is 0.0237. The fourth-order valence-electron chi connectivity index (χ4n) is 2.44. The molecule has 2 heteroatoms. The van der Waals surface area contributed by atoms with Crippen molar-refractivity contribution >= 4 is 5.97 Å². The molecule has 2 aromatic rings. The van der Waals surface area contributed by atoms with Crippen molar-refractivity contribution in [3.63, 3.8) is 0 Å². The van der Waals surface area contributed by atoms with E-state index in [2.05, 4.69) is 24.3 Å². The molecule has 116 valence electrons. The van der Waals surface area contributed by atoms with Crippen LogP contribution < -0.4 is 0 Å². The molecule has 0 saturated carbocycles. The summed E-state index contributed by atoms with van der Waals surface area (Å²) in [6.45, 7) is 1.97. The van der Waals surface area contributed by atoms with Crippen LogP contribution in [0, 0.1) is 0 Å². The zero-order chi connectivity index (χ0) is 15.6. The molecule has 0 aliphatic heterocycles. The lowest BCUT2D eigenvalue weighted by molar-refractivity contribution is -0.148. The van der Waals surface area contributed by atoms with E-state index in [-0.39, 0.29) is 12.1 Å². The Morgan fingerprint density at radius 1 is 0.909 bits per heavy atom. The Kier molecular flexibility index (Phi) is 6.69. The maximum absolute atomic E-state index is 11.8. The summed E-state index contributed by atoms with van der Waals surface area (Å²) < 4.78 is 5.47. The van der Waals surface area contributed by atoms with Gasteiger partial charge in [-0.25, -0.2) is 0 Å². The minimum atomic E-state index is -0.0866. The van der Waals surface area contributed by atoms with Crippen molar-refractivity contribution in [2.75, 3.05) is 0 Å². The van der Waals surface area contributed by atoms with Crippen molar-refractivity contribution in [1.82, 2.24) is 0 Å². The summed E-state index contributed by atoms with van der Waals surface area (Å²) >= 11 is 0. The van der Waals surface area contributed by atoms with Gasteiger partial charge in [0.2, 0.25) is 0 Å². The Labute approximate surface area is 133 Å². The molecule has 0 aromatic heterocycles. The number of hydrogen-bond acceptors (Lipinski definition) is 2.